The molecule has 0 atom stereocenters. The molecule has 3 aromatic rings. The molecule has 4 heteroatoms. The van der Waals surface area contributed by atoms with E-state index in [1.54, 1.807) is 6.20 Å². The van der Waals surface area contributed by atoms with Crippen LogP contribution < -0.4 is 0 Å². The van der Waals surface area contributed by atoms with Crippen molar-refractivity contribution in [2.45, 2.75) is 19.8 Å². The summed E-state index contributed by atoms with van der Waals surface area (Å²) in [5, 5.41) is 4.21. The van der Waals surface area contributed by atoms with Crippen LogP contribution in [0.2, 0.25) is 0 Å². The highest BCUT2D eigenvalue weighted by atomic mass is 15.3. The third-order valence-corrected chi connectivity index (χ3v) is 3.32. The van der Waals surface area contributed by atoms with Gasteiger partial charge in [0, 0.05) is 13.2 Å². The number of aromatic nitrogens is 4. The number of hydrogen-bond donors (Lipinski definition) is 0. The molecular weight excluding hydrogens is 236 g/mol. The molecule has 0 bridgehead atoms. The highest BCUT2D eigenvalue weighted by Gasteiger charge is 2.07. The van der Waals surface area contributed by atoms with Crippen molar-refractivity contribution in [1.82, 2.24) is 19.7 Å². The van der Waals surface area contributed by atoms with Crippen molar-refractivity contribution in [2.24, 2.45) is 7.05 Å². The van der Waals surface area contributed by atoms with Crippen LogP contribution >= 0.6 is 0 Å². The molecule has 3 aromatic heterocycles. The third kappa shape index (κ3) is 2.10. The van der Waals surface area contributed by atoms with Crippen LogP contribution in [0.15, 0.2) is 36.7 Å². The number of nitrogens with zero attached hydrogens (tertiary/aromatic N) is 4. The van der Waals surface area contributed by atoms with Crippen molar-refractivity contribution in [3.63, 3.8) is 0 Å². The zero-order valence-corrected chi connectivity index (χ0v) is 11.3. The van der Waals surface area contributed by atoms with Crippen LogP contribution in [0.1, 0.15) is 25.3 Å². The Morgan fingerprint density at radius 1 is 1.11 bits per heavy atom. The summed E-state index contributed by atoms with van der Waals surface area (Å²) in [6, 6.07) is 8.19. The van der Waals surface area contributed by atoms with Gasteiger partial charge in [0.15, 0.2) is 0 Å². The maximum atomic E-state index is 4.62. The zero-order chi connectivity index (χ0) is 13.4. The van der Waals surface area contributed by atoms with Crippen molar-refractivity contribution < 1.29 is 0 Å². The van der Waals surface area contributed by atoms with Crippen LogP contribution in [0, 0.1) is 0 Å². The molecule has 0 aliphatic heterocycles. The summed E-state index contributed by atoms with van der Waals surface area (Å²) in [7, 11) is 1.92. The maximum Gasteiger partial charge on any atom is 0.109 e. The average molecular weight is 252 g/mol. The molecular formula is C15H16N4. The minimum absolute atomic E-state index is 0.490. The van der Waals surface area contributed by atoms with Gasteiger partial charge in [0.05, 0.1) is 23.1 Å². The van der Waals surface area contributed by atoms with Gasteiger partial charge in [-0.2, -0.15) is 5.10 Å². The lowest BCUT2D eigenvalue weighted by Gasteiger charge is -2.07. The Kier molecular flexibility index (Phi) is 2.78. The van der Waals surface area contributed by atoms with Gasteiger partial charge in [-0.15, -0.1) is 0 Å². The van der Waals surface area contributed by atoms with Gasteiger partial charge < -0.3 is 0 Å². The van der Waals surface area contributed by atoms with Crippen LogP contribution in [0.25, 0.3) is 22.4 Å². The molecule has 0 radical (unpaired) electrons. The van der Waals surface area contributed by atoms with Crippen molar-refractivity contribution in [3.05, 3.63) is 42.2 Å². The fourth-order valence-corrected chi connectivity index (χ4v) is 2.13. The summed E-state index contributed by atoms with van der Waals surface area (Å²) in [6.07, 6.45) is 3.63. The van der Waals surface area contributed by atoms with Crippen molar-refractivity contribution >= 4 is 11.0 Å². The number of fused-ring (bicyclic) bond motifs is 1. The second-order valence-corrected chi connectivity index (χ2v) is 5.00. The average Bonchev–Trinajstić information content (AvgIpc) is 2.80. The van der Waals surface area contributed by atoms with Crippen molar-refractivity contribution in [2.75, 3.05) is 0 Å². The van der Waals surface area contributed by atoms with E-state index in [2.05, 4.69) is 41.0 Å². The zero-order valence-electron chi connectivity index (χ0n) is 11.3. The molecule has 0 N–H and O–H groups in total. The molecule has 0 amide bonds. The highest BCUT2D eigenvalue weighted by molar-refractivity contribution is 5.77. The standard InChI is InChI=1S/C15H16N4/c1-10(2)11-6-7-16-13(8-11)12-4-5-15-14(18-12)9-17-19(15)3/h4-10H,1-3H3. The maximum absolute atomic E-state index is 4.62. The van der Waals surface area contributed by atoms with Crippen LogP contribution in [-0.2, 0) is 7.05 Å². The van der Waals surface area contributed by atoms with Gasteiger partial charge in [-0.05, 0) is 35.7 Å². The smallest absolute Gasteiger partial charge is 0.109 e. The normalized spacial score (nSPS) is 11.4. The van der Waals surface area contributed by atoms with Gasteiger partial charge in [0.1, 0.15) is 5.52 Å². The molecule has 0 aliphatic carbocycles. The highest BCUT2D eigenvalue weighted by Crippen LogP contribution is 2.22. The Hall–Kier alpha value is -2.23. The van der Waals surface area contributed by atoms with Gasteiger partial charge in [-0.1, -0.05) is 13.8 Å². The van der Waals surface area contributed by atoms with E-state index >= 15 is 0 Å². The fourth-order valence-electron chi connectivity index (χ4n) is 2.13. The van der Waals surface area contributed by atoms with Gasteiger partial charge in [0.2, 0.25) is 0 Å². The van der Waals surface area contributed by atoms with Crippen molar-refractivity contribution in [3.8, 4) is 11.4 Å². The molecule has 3 rings (SSSR count). The molecule has 96 valence electrons. The number of hydrogen-bond acceptors (Lipinski definition) is 3. The first kappa shape index (κ1) is 11.8. The lowest BCUT2D eigenvalue weighted by Crippen LogP contribution is -1.93. The van der Waals surface area contributed by atoms with Crippen LogP contribution in [0.5, 0.6) is 0 Å². The van der Waals surface area contributed by atoms with Crippen LogP contribution in [0.4, 0.5) is 0 Å². The van der Waals surface area contributed by atoms with Crippen LogP contribution in [-0.4, -0.2) is 19.7 Å². The first-order valence-corrected chi connectivity index (χ1v) is 6.40. The Labute approximate surface area is 112 Å². The van der Waals surface area contributed by atoms with Gasteiger partial charge >= 0.3 is 0 Å². The minimum Gasteiger partial charge on any atom is -0.266 e. The topological polar surface area (TPSA) is 43.6 Å². The Balaban J connectivity index is 2.10. The summed E-state index contributed by atoms with van der Waals surface area (Å²) in [4.78, 5) is 9.04. The van der Waals surface area contributed by atoms with E-state index in [9.17, 15) is 0 Å². The molecule has 0 aliphatic rings. The van der Waals surface area contributed by atoms with Gasteiger partial charge in [0.25, 0.3) is 0 Å². The molecule has 19 heavy (non-hydrogen) atoms. The molecule has 0 saturated carbocycles. The van der Waals surface area contributed by atoms with E-state index in [1.807, 2.05) is 30.1 Å². The predicted octanol–water partition coefficient (Wildman–Crippen LogP) is 3.15. The summed E-state index contributed by atoms with van der Waals surface area (Å²) >= 11 is 0. The lowest BCUT2D eigenvalue weighted by atomic mass is 10.0. The van der Waals surface area contributed by atoms with E-state index in [4.69, 9.17) is 0 Å². The Morgan fingerprint density at radius 2 is 1.95 bits per heavy atom. The number of aryl methyl sites for hydroxylation is 1. The molecule has 0 saturated heterocycles. The molecule has 0 aromatic carbocycles. The molecule has 3 heterocycles. The molecule has 0 unspecified atom stereocenters. The SMILES string of the molecule is CC(C)c1ccnc(-c2ccc3c(cnn3C)n2)c1. The molecule has 0 spiro atoms. The molecule has 4 nitrogen and oxygen atoms in total. The second-order valence-electron chi connectivity index (χ2n) is 5.00. The van der Waals surface area contributed by atoms with E-state index in [0.29, 0.717) is 5.92 Å². The van der Waals surface area contributed by atoms with E-state index in [-0.39, 0.29) is 0 Å². The number of rotatable bonds is 2. The summed E-state index contributed by atoms with van der Waals surface area (Å²) in [5.41, 5.74) is 5.01. The number of pyridine rings is 2. The van der Waals surface area contributed by atoms with E-state index < -0.39 is 0 Å². The quantitative estimate of drug-likeness (QED) is 0.703. The minimum atomic E-state index is 0.490. The largest absolute Gasteiger partial charge is 0.266 e. The molecule has 0 fully saturated rings. The monoisotopic (exact) mass is 252 g/mol. The lowest BCUT2D eigenvalue weighted by molar-refractivity contribution is 0.797. The Morgan fingerprint density at radius 3 is 2.74 bits per heavy atom. The van der Waals surface area contributed by atoms with Gasteiger partial charge in [-0.3, -0.25) is 9.67 Å². The van der Waals surface area contributed by atoms with Gasteiger partial charge in [-0.25, -0.2) is 4.98 Å². The van der Waals surface area contributed by atoms with E-state index in [1.165, 1.54) is 5.56 Å². The van der Waals surface area contributed by atoms with E-state index in [0.717, 1.165) is 22.4 Å². The first-order chi connectivity index (χ1) is 9.15. The summed E-state index contributed by atoms with van der Waals surface area (Å²) < 4.78 is 1.82. The van der Waals surface area contributed by atoms with Crippen LogP contribution in [0.3, 0.4) is 0 Å². The fraction of sp³-hybridized carbons (Fsp3) is 0.267. The first-order valence-electron chi connectivity index (χ1n) is 6.40. The second kappa shape index (κ2) is 4.46. The summed E-state index contributed by atoms with van der Waals surface area (Å²) in [5.74, 6) is 0.490. The Bertz CT molecular complexity index is 728. The van der Waals surface area contributed by atoms with Crippen molar-refractivity contribution in [1.29, 1.82) is 0 Å². The third-order valence-electron chi connectivity index (χ3n) is 3.32. The predicted molar refractivity (Wildman–Crippen MR) is 75.8 cm³/mol. The summed E-state index contributed by atoms with van der Waals surface area (Å²) in [6.45, 7) is 4.35.